The first-order chi connectivity index (χ1) is 9.61. The predicted molar refractivity (Wildman–Crippen MR) is 82.5 cm³/mol. The van der Waals surface area contributed by atoms with E-state index in [1.54, 1.807) is 27.7 Å². The molecule has 0 spiro atoms. The van der Waals surface area contributed by atoms with E-state index < -0.39 is 10.5 Å². The van der Waals surface area contributed by atoms with Gasteiger partial charge in [-0.2, -0.15) is 0 Å². The quantitative estimate of drug-likeness (QED) is 0.660. The van der Waals surface area contributed by atoms with Gasteiger partial charge < -0.3 is 10.4 Å². The van der Waals surface area contributed by atoms with E-state index in [4.69, 9.17) is 0 Å². The third-order valence-corrected chi connectivity index (χ3v) is 2.62. The van der Waals surface area contributed by atoms with Crippen molar-refractivity contribution in [1.29, 1.82) is 0 Å². The maximum Gasteiger partial charge on any atom is 0.275 e. The molecule has 0 aliphatic carbocycles. The molecule has 0 bridgehead atoms. The van der Waals surface area contributed by atoms with Crippen molar-refractivity contribution in [3.8, 4) is 0 Å². The first-order valence-corrected chi connectivity index (χ1v) is 6.88. The monoisotopic (exact) mass is 296 g/mol. The molecule has 0 aromatic heterocycles. The molecule has 1 aromatic rings. The van der Waals surface area contributed by atoms with Gasteiger partial charge >= 0.3 is 0 Å². The highest BCUT2D eigenvalue weighted by Gasteiger charge is 2.19. The van der Waals surface area contributed by atoms with Crippen LogP contribution in [0.15, 0.2) is 12.1 Å². The number of nitro groups is 1. The average Bonchev–Trinajstić information content (AvgIpc) is 2.36. The van der Waals surface area contributed by atoms with Crippen LogP contribution in [0.25, 0.3) is 0 Å². The molecule has 0 saturated heterocycles. The zero-order valence-corrected chi connectivity index (χ0v) is 13.5. The molecule has 2 N–H and O–H groups in total. The van der Waals surface area contributed by atoms with E-state index in [2.05, 4.69) is 5.32 Å². The molecule has 21 heavy (non-hydrogen) atoms. The van der Waals surface area contributed by atoms with Gasteiger partial charge in [0, 0.05) is 23.2 Å². The van der Waals surface area contributed by atoms with E-state index in [0.29, 0.717) is 16.7 Å². The third-order valence-electron chi connectivity index (χ3n) is 2.62. The Labute approximate surface area is 125 Å². The summed E-state index contributed by atoms with van der Waals surface area (Å²) in [6, 6.07) is 2.95. The molecule has 0 atom stereocenters. The summed E-state index contributed by atoms with van der Waals surface area (Å²) in [5.41, 5.74) is 0.265. The molecule has 0 unspecified atom stereocenters. The van der Waals surface area contributed by atoms with E-state index in [0.717, 1.165) is 0 Å². The molecule has 1 rings (SSSR count). The van der Waals surface area contributed by atoms with Gasteiger partial charge in [0.25, 0.3) is 11.6 Å². The number of aliphatic hydroxyl groups is 1. The van der Waals surface area contributed by atoms with Crippen molar-refractivity contribution in [3.05, 3.63) is 38.9 Å². The number of benzene rings is 1. The van der Waals surface area contributed by atoms with Crippen molar-refractivity contribution in [2.24, 2.45) is 0 Å². The minimum absolute atomic E-state index is 0.0269. The molecule has 0 radical (unpaired) electrons. The van der Waals surface area contributed by atoms with Crippen molar-refractivity contribution < 1.29 is 14.8 Å². The lowest BCUT2D eigenvalue weighted by Gasteiger charge is -2.17. The van der Waals surface area contributed by atoms with Crippen LogP contribution in [-0.4, -0.2) is 28.1 Å². The second kappa shape index (κ2) is 7.73. The van der Waals surface area contributed by atoms with Gasteiger partial charge in [0.1, 0.15) is 0 Å². The summed E-state index contributed by atoms with van der Waals surface area (Å²) in [5, 5.41) is 23.0. The average molecular weight is 296 g/mol. The number of amides is 1. The highest BCUT2D eigenvalue weighted by Crippen LogP contribution is 2.24. The summed E-state index contributed by atoms with van der Waals surface area (Å²) in [6.45, 7) is 10.5. The Morgan fingerprint density at radius 3 is 2.05 bits per heavy atom. The molecule has 0 heterocycles. The van der Waals surface area contributed by atoms with Crippen molar-refractivity contribution in [2.45, 2.75) is 47.1 Å². The number of carbonyl (C=O) groups excluding carboxylic acids is 1. The molecule has 1 aromatic carbocycles. The molecule has 0 aliphatic heterocycles. The zero-order valence-electron chi connectivity index (χ0n) is 13.5. The van der Waals surface area contributed by atoms with Crippen molar-refractivity contribution in [2.75, 3.05) is 6.54 Å². The first-order valence-electron chi connectivity index (χ1n) is 6.88. The number of carbonyl (C=O) groups is 1. The summed E-state index contributed by atoms with van der Waals surface area (Å²) in [4.78, 5) is 22.3. The SMILES string of the molecule is CC.Cc1cc(C(=O)NCC(C)(C)O)cc(C)c1[N+](=O)[O-]. The van der Waals surface area contributed by atoms with E-state index in [-0.39, 0.29) is 18.1 Å². The molecule has 0 fully saturated rings. The van der Waals surface area contributed by atoms with Crippen LogP contribution in [0.4, 0.5) is 5.69 Å². The summed E-state index contributed by atoms with van der Waals surface area (Å²) < 4.78 is 0. The minimum Gasteiger partial charge on any atom is -0.389 e. The Balaban J connectivity index is 0.00000191. The summed E-state index contributed by atoms with van der Waals surface area (Å²) >= 11 is 0. The van der Waals surface area contributed by atoms with Crippen LogP contribution in [0.3, 0.4) is 0 Å². The lowest BCUT2D eigenvalue weighted by atomic mass is 10.0. The fraction of sp³-hybridized carbons (Fsp3) is 0.533. The zero-order chi connectivity index (χ0) is 16.8. The van der Waals surface area contributed by atoms with Crippen molar-refractivity contribution >= 4 is 11.6 Å². The Bertz CT molecular complexity index is 496. The lowest BCUT2D eigenvalue weighted by Crippen LogP contribution is -2.38. The highest BCUT2D eigenvalue weighted by atomic mass is 16.6. The molecule has 6 heteroatoms. The molecule has 0 saturated carbocycles. The molecular weight excluding hydrogens is 272 g/mol. The second-order valence-electron chi connectivity index (χ2n) is 5.21. The lowest BCUT2D eigenvalue weighted by molar-refractivity contribution is -0.386. The fourth-order valence-corrected chi connectivity index (χ4v) is 1.77. The van der Waals surface area contributed by atoms with Gasteiger partial charge in [-0.05, 0) is 39.8 Å². The van der Waals surface area contributed by atoms with Gasteiger partial charge in [0.15, 0.2) is 0 Å². The number of nitrogens with zero attached hydrogens (tertiary/aromatic N) is 1. The van der Waals surface area contributed by atoms with Gasteiger partial charge in [-0.25, -0.2) is 0 Å². The number of hydrogen-bond donors (Lipinski definition) is 2. The number of hydrogen-bond acceptors (Lipinski definition) is 4. The molecular formula is C15H24N2O4. The van der Waals surface area contributed by atoms with E-state index >= 15 is 0 Å². The normalized spacial score (nSPS) is 10.4. The smallest absolute Gasteiger partial charge is 0.275 e. The first kappa shape index (κ1) is 19.1. The largest absolute Gasteiger partial charge is 0.389 e. The van der Waals surface area contributed by atoms with Crippen molar-refractivity contribution in [3.63, 3.8) is 0 Å². The minimum atomic E-state index is -0.999. The van der Waals surface area contributed by atoms with Gasteiger partial charge in [-0.3, -0.25) is 14.9 Å². The number of nitro benzene ring substituents is 1. The van der Waals surface area contributed by atoms with Crippen LogP contribution in [0.2, 0.25) is 0 Å². The topological polar surface area (TPSA) is 92.5 Å². The Hall–Kier alpha value is -1.95. The van der Waals surface area contributed by atoms with Gasteiger partial charge in [0.05, 0.1) is 10.5 Å². The van der Waals surface area contributed by atoms with Gasteiger partial charge in [-0.15, -0.1) is 0 Å². The number of rotatable bonds is 4. The van der Waals surface area contributed by atoms with E-state index in [9.17, 15) is 20.0 Å². The summed E-state index contributed by atoms with van der Waals surface area (Å²) in [6.07, 6.45) is 0. The fourth-order valence-electron chi connectivity index (χ4n) is 1.77. The van der Waals surface area contributed by atoms with Gasteiger partial charge in [0.2, 0.25) is 0 Å². The Kier molecular flexibility index (Phi) is 7.01. The highest BCUT2D eigenvalue weighted by molar-refractivity contribution is 5.95. The Morgan fingerprint density at radius 2 is 1.71 bits per heavy atom. The maximum absolute atomic E-state index is 11.9. The summed E-state index contributed by atoms with van der Waals surface area (Å²) in [5.74, 6) is -0.358. The summed E-state index contributed by atoms with van der Waals surface area (Å²) in [7, 11) is 0. The standard InChI is InChI=1S/C13H18N2O4.C2H6/c1-8-5-10(6-9(2)11(8)15(18)19)12(16)14-7-13(3,4)17;1-2/h5-6,17H,7H2,1-4H3,(H,14,16);1-2H3. The number of aryl methyl sites for hydroxylation is 2. The molecule has 0 aliphatic rings. The number of nitrogens with one attached hydrogen (secondary N) is 1. The third kappa shape index (κ3) is 5.91. The second-order valence-corrected chi connectivity index (χ2v) is 5.21. The van der Waals surface area contributed by atoms with Crippen LogP contribution >= 0.6 is 0 Å². The van der Waals surface area contributed by atoms with Crippen LogP contribution in [-0.2, 0) is 0 Å². The van der Waals surface area contributed by atoms with E-state index in [1.807, 2.05) is 13.8 Å². The van der Waals surface area contributed by atoms with Crippen LogP contribution < -0.4 is 5.32 Å². The maximum atomic E-state index is 11.9. The molecule has 1 amide bonds. The Morgan fingerprint density at radius 1 is 1.29 bits per heavy atom. The van der Waals surface area contributed by atoms with Crippen LogP contribution in [0, 0.1) is 24.0 Å². The van der Waals surface area contributed by atoms with E-state index in [1.165, 1.54) is 12.1 Å². The van der Waals surface area contributed by atoms with Gasteiger partial charge in [-0.1, -0.05) is 13.8 Å². The van der Waals surface area contributed by atoms with Crippen molar-refractivity contribution in [1.82, 2.24) is 5.32 Å². The van der Waals surface area contributed by atoms with Crippen LogP contribution in [0.1, 0.15) is 49.2 Å². The van der Waals surface area contributed by atoms with Crippen LogP contribution in [0.5, 0.6) is 0 Å². The molecule has 6 nitrogen and oxygen atoms in total. The predicted octanol–water partition coefficient (Wildman–Crippen LogP) is 2.74. The molecule has 118 valence electrons.